The normalized spacial score (nSPS) is 24.1. The van der Waals surface area contributed by atoms with Crippen LogP contribution in [0.4, 0.5) is 0 Å². The van der Waals surface area contributed by atoms with Crippen LogP contribution in [-0.4, -0.2) is 68.1 Å². The zero-order valence-electron chi connectivity index (χ0n) is 34.7. The van der Waals surface area contributed by atoms with E-state index in [1.165, 1.54) is 0 Å². The van der Waals surface area contributed by atoms with Gasteiger partial charge < -0.3 is 29.3 Å². The van der Waals surface area contributed by atoms with Gasteiger partial charge >= 0.3 is 0 Å². The van der Waals surface area contributed by atoms with Gasteiger partial charge in [-0.25, -0.2) is 0 Å². The number of unbranched alkanes of at least 4 members (excludes halogenated alkanes) is 2. The van der Waals surface area contributed by atoms with Crippen molar-refractivity contribution in [2.45, 2.75) is 94.7 Å². The molecule has 1 fully saturated rings. The van der Waals surface area contributed by atoms with Crippen LogP contribution in [0.5, 0.6) is 17.2 Å². The van der Waals surface area contributed by atoms with Gasteiger partial charge in [0.25, 0.3) is 0 Å². The third-order valence-electron chi connectivity index (χ3n) is 11.5. The van der Waals surface area contributed by atoms with Gasteiger partial charge in [-0.05, 0) is 111 Å². The molecule has 3 aromatic carbocycles. The number of aromatic nitrogens is 2. The molecule has 59 heavy (non-hydrogen) atoms. The van der Waals surface area contributed by atoms with Crippen molar-refractivity contribution in [3.63, 3.8) is 0 Å². The Balaban J connectivity index is 1.34. The third kappa shape index (κ3) is 10.1. The fourth-order valence-corrected chi connectivity index (χ4v) is 10.4. The Kier molecular flexibility index (Phi) is 14.3. The molecule has 0 radical (unpaired) electrons. The smallest absolute Gasteiger partial charge is 0.230 e. The first-order valence-electron chi connectivity index (χ1n) is 21.2. The summed E-state index contributed by atoms with van der Waals surface area (Å²) < 4.78 is 21.1. The van der Waals surface area contributed by atoms with Gasteiger partial charge in [-0.1, -0.05) is 72.6 Å². The molecular weight excluding hydrogens is 759 g/mol. The van der Waals surface area contributed by atoms with Crippen molar-refractivity contribution in [3.05, 3.63) is 127 Å². The number of rotatable bonds is 19. The highest BCUT2D eigenvalue weighted by molar-refractivity contribution is 8.00. The van der Waals surface area contributed by atoms with Crippen molar-refractivity contribution in [1.82, 2.24) is 9.97 Å². The molecule has 0 saturated heterocycles. The van der Waals surface area contributed by atoms with Crippen LogP contribution in [0.3, 0.4) is 0 Å². The molecule has 0 spiro atoms. The maximum absolute atomic E-state index is 9.97. The lowest BCUT2D eigenvalue weighted by Crippen LogP contribution is -2.64. The summed E-state index contributed by atoms with van der Waals surface area (Å²) in [6.45, 7) is 10.8. The van der Waals surface area contributed by atoms with Crippen molar-refractivity contribution in [2.24, 2.45) is 22.9 Å². The zero-order valence-corrected chi connectivity index (χ0v) is 35.5. The maximum Gasteiger partial charge on any atom is 0.230 e. The first kappa shape index (κ1) is 42.6. The summed E-state index contributed by atoms with van der Waals surface area (Å²) in [4.78, 5) is 15.1. The van der Waals surface area contributed by atoms with Crippen molar-refractivity contribution in [2.75, 3.05) is 25.6 Å². The number of ether oxygens (including phenoxy) is 3. The topological polar surface area (TPSA) is 116 Å². The highest BCUT2D eigenvalue weighted by Crippen LogP contribution is 2.62. The third-order valence-corrected chi connectivity index (χ3v) is 12.9. The summed E-state index contributed by atoms with van der Waals surface area (Å²) in [6, 6.07) is 24.8. The second-order valence-corrected chi connectivity index (χ2v) is 18.1. The van der Waals surface area contributed by atoms with E-state index in [1.54, 1.807) is 18.5 Å². The van der Waals surface area contributed by atoms with Gasteiger partial charge in [-0.2, -0.15) is 11.8 Å². The molecular formula is C49H59N3O6S. The monoisotopic (exact) mass is 817 g/mol. The molecule has 4 aromatic rings. The Labute approximate surface area is 354 Å². The van der Waals surface area contributed by atoms with Gasteiger partial charge in [0, 0.05) is 56.1 Å². The first-order chi connectivity index (χ1) is 28.7. The number of fused-ring (bicyclic) bond motifs is 2. The predicted octanol–water partition coefficient (Wildman–Crippen LogP) is 10.3. The van der Waals surface area contributed by atoms with Gasteiger partial charge in [0.1, 0.15) is 22.8 Å². The van der Waals surface area contributed by atoms with E-state index in [9.17, 15) is 10.2 Å². The summed E-state index contributed by atoms with van der Waals surface area (Å²) >= 11 is 1.82. The predicted molar refractivity (Wildman–Crippen MR) is 236 cm³/mol. The molecule has 1 aliphatic heterocycles. The molecule has 0 amide bonds. The number of thioether (sulfide) groups is 1. The Bertz CT molecular complexity index is 2040. The summed E-state index contributed by atoms with van der Waals surface area (Å²) in [6.07, 6.45) is 15.9. The molecule has 9 nitrogen and oxygen atoms in total. The number of allylic oxidation sites excluding steroid dienone is 1. The molecule has 2 heterocycles. The van der Waals surface area contributed by atoms with Crippen LogP contribution in [-0.2, 0) is 16.0 Å². The van der Waals surface area contributed by atoms with Crippen LogP contribution in [0.2, 0.25) is 0 Å². The summed E-state index contributed by atoms with van der Waals surface area (Å²) in [7, 11) is 0. The van der Waals surface area contributed by atoms with Crippen LogP contribution in [0.15, 0.2) is 121 Å². The Morgan fingerprint density at radius 3 is 2.39 bits per heavy atom. The minimum absolute atomic E-state index is 0.0337. The van der Waals surface area contributed by atoms with Gasteiger partial charge in [0.2, 0.25) is 5.79 Å². The van der Waals surface area contributed by atoms with Gasteiger partial charge in [0.05, 0.1) is 29.2 Å². The largest absolute Gasteiger partial charge is 0.460 e. The average molecular weight is 818 g/mol. The van der Waals surface area contributed by atoms with Crippen LogP contribution in [0.25, 0.3) is 11.1 Å². The molecule has 6 atom stereocenters. The lowest BCUT2D eigenvalue weighted by atomic mass is 9.56. The van der Waals surface area contributed by atoms with Crippen molar-refractivity contribution < 1.29 is 29.3 Å². The second-order valence-electron chi connectivity index (χ2n) is 16.8. The summed E-state index contributed by atoms with van der Waals surface area (Å²) in [5.74, 6) is 2.12. The van der Waals surface area contributed by atoms with Gasteiger partial charge in [-0.15, -0.1) is 6.58 Å². The molecule has 1 saturated carbocycles. The number of hydrogen-bond acceptors (Lipinski definition) is 10. The van der Waals surface area contributed by atoms with E-state index in [0.29, 0.717) is 13.0 Å². The standard InChI is InChI=1S/C49H59N3O6S/c1-5-28-55-49-45(59-29-23-37-33-50-24-25-51-37)32-43(52-58-48(2,3)4)41-30-36(15-9-11-26-53)40(16-10-12-27-54)46(47(41)49)42-31-39(21-22-44(42)57-49)56-38-19-17-35(18-20-38)34-13-7-6-8-14-34/h5-8,13-14,17-22,24-25,30-31,33,36,40,45-47,53-54H,1,9-12,15-16,23,26-29,32H2,2-4H3. The number of benzene rings is 3. The molecule has 6 unspecified atom stereocenters. The number of aryl methyl sites for hydroxylation is 1. The lowest BCUT2D eigenvalue weighted by Gasteiger charge is -2.58. The highest BCUT2D eigenvalue weighted by Gasteiger charge is 2.64. The lowest BCUT2D eigenvalue weighted by molar-refractivity contribution is -0.223. The molecule has 1 aromatic heterocycles. The van der Waals surface area contributed by atoms with E-state index in [2.05, 4.69) is 59.0 Å². The first-order valence-corrected chi connectivity index (χ1v) is 22.2. The van der Waals surface area contributed by atoms with Crippen molar-refractivity contribution >= 4 is 17.5 Å². The van der Waals surface area contributed by atoms with E-state index in [1.807, 2.05) is 75.1 Å². The highest BCUT2D eigenvalue weighted by atomic mass is 32.2. The molecule has 0 bridgehead atoms. The number of hydrogen-bond donors (Lipinski definition) is 2. The van der Waals surface area contributed by atoms with E-state index in [-0.39, 0.29) is 42.1 Å². The van der Waals surface area contributed by atoms with E-state index in [0.717, 1.165) is 102 Å². The van der Waals surface area contributed by atoms with Crippen molar-refractivity contribution in [3.8, 4) is 28.4 Å². The molecule has 312 valence electrons. The van der Waals surface area contributed by atoms with Crippen LogP contribution in [0, 0.1) is 17.8 Å². The quantitative estimate of drug-likeness (QED) is 0.0542. The van der Waals surface area contributed by atoms with E-state index < -0.39 is 11.4 Å². The van der Waals surface area contributed by atoms with Gasteiger partial charge in [-0.3, -0.25) is 9.97 Å². The Morgan fingerprint density at radius 1 is 0.932 bits per heavy atom. The van der Waals surface area contributed by atoms with Crippen LogP contribution in [0.1, 0.15) is 82.9 Å². The number of nitrogens with zero attached hydrogens (tertiary/aromatic N) is 3. The molecule has 3 aliphatic rings. The fourth-order valence-electron chi connectivity index (χ4n) is 8.98. The molecule has 7 rings (SSSR count). The molecule has 2 N–H and O–H groups in total. The Morgan fingerprint density at radius 2 is 1.68 bits per heavy atom. The minimum Gasteiger partial charge on any atom is -0.460 e. The SMILES string of the molecule is C=CCOC12Oc3ccc(Oc4ccc(-c5ccccc5)cc4)cc3C3C(CCCCO)C(CCCCO)C=C(C(=NOC(C)(C)C)CC1SCCc1cnccn1)C32. The minimum atomic E-state index is -1.05. The van der Waals surface area contributed by atoms with E-state index in [4.69, 9.17) is 24.2 Å². The zero-order chi connectivity index (χ0) is 41.2. The van der Waals surface area contributed by atoms with E-state index >= 15 is 0 Å². The molecule has 10 heteroatoms. The number of aliphatic hydroxyl groups excluding tert-OH is 2. The summed E-state index contributed by atoms with van der Waals surface area (Å²) in [5, 5.41) is 24.6. The van der Waals surface area contributed by atoms with Crippen LogP contribution < -0.4 is 9.47 Å². The summed E-state index contributed by atoms with van der Waals surface area (Å²) in [5.41, 5.74) is 5.84. The van der Waals surface area contributed by atoms with Crippen molar-refractivity contribution in [1.29, 1.82) is 0 Å². The van der Waals surface area contributed by atoms with Crippen LogP contribution >= 0.6 is 11.8 Å². The van der Waals surface area contributed by atoms with Gasteiger partial charge in [0.15, 0.2) is 0 Å². The second kappa shape index (κ2) is 19.7. The maximum atomic E-state index is 9.97. The number of aliphatic hydroxyl groups is 2. The Hall–Kier alpha value is -4.48. The molecule has 2 aliphatic carbocycles. The number of oxime groups is 1. The average Bonchev–Trinajstić information content (AvgIpc) is 3.24. The fraction of sp³-hybridized carbons (Fsp3) is 0.449.